The minimum atomic E-state index is -0.958. The Morgan fingerprint density at radius 1 is 1.11 bits per heavy atom. The van der Waals surface area contributed by atoms with Gasteiger partial charge in [0.05, 0.1) is 0 Å². The fourth-order valence-electron chi connectivity index (χ4n) is 1.71. The van der Waals surface area contributed by atoms with E-state index in [1.165, 1.54) is 0 Å². The van der Waals surface area contributed by atoms with E-state index in [-0.39, 0.29) is 11.0 Å². The molecule has 0 bridgehead atoms. The largest absolute Gasteiger partial charge is 0.487 e. The summed E-state index contributed by atoms with van der Waals surface area (Å²) >= 11 is 0. The smallest absolute Gasteiger partial charge is 0.339 e. The van der Waals surface area contributed by atoms with Crippen molar-refractivity contribution in [3.8, 4) is 5.75 Å². The van der Waals surface area contributed by atoms with Gasteiger partial charge in [-0.15, -0.1) is 0 Å². The minimum Gasteiger partial charge on any atom is -0.487 e. The zero-order valence-electron chi connectivity index (χ0n) is 12.0. The molecule has 18 heavy (non-hydrogen) atoms. The number of carboxylic acids is 1. The van der Waals surface area contributed by atoms with E-state index >= 15 is 0 Å². The molecule has 3 nitrogen and oxygen atoms in total. The predicted molar refractivity (Wildman–Crippen MR) is 72.5 cm³/mol. The standard InChI is InChI=1S/C15H22O3/c1-14(2,3)11-9-7-8-10(13(16)17)12(11)18-15(4,5)6/h7-9H,1-6H3,(H,16,17). The highest BCUT2D eigenvalue weighted by Crippen LogP contribution is 2.36. The highest BCUT2D eigenvalue weighted by atomic mass is 16.5. The summed E-state index contributed by atoms with van der Waals surface area (Å²) in [7, 11) is 0. The van der Waals surface area contributed by atoms with Crippen molar-refractivity contribution in [2.45, 2.75) is 52.6 Å². The molecule has 0 fully saturated rings. The summed E-state index contributed by atoms with van der Waals surface area (Å²) in [6, 6.07) is 5.27. The van der Waals surface area contributed by atoms with Crippen LogP contribution >= 0.6 is 0 Å². The number of carbonyl (C=O) groups is 1. The third-order valence-electron chi connectivity index (χ3n) is 2.46. The van der Waals surface area contributed by atoms with Crippen molar-refractivity contribution in [2.75, 3.05) is 0 Å². The Morgan fingerprint density at radius 3 is 2.06 bits per heavy atom. The molecular formula is C15H22O3. The van der Waals surface area contributed by atoms with E-state index in [2.05, 4.69) is 0 Å². The van der Waals surface area contributed by atoms with Crippen LogP contribution in [0.25, 0.3) is 0 Å². The molecule has 0 aromatic heterocycles. The van der Waals surface area contributed by atoms with Gasteiger partial charge in [0.1, 0.15) is 16.9 Å². The molecule has 0 heterocycles. The fraction of sp³-hybridized carbons (Fsp3) is 0.533. The van der Waals surface area contributed by atoms with Gasteiger partial charge >= 0.3 is 5.97 Å². The van der Waals surface area contributed by atoms with Gasteiger partial charge in [0.15, 0.2) is 0 Å². The minimum absolute atomic E-state index is 0.161. The van der Waals surface area contributed by atoms with Crippen LogP contribution in [0.5, 0.6) is 5.75 Å². The van der Waals surface area contributed by atoms with Crippen molar-refractivity contribution in [1.82, 2.24) is 0 Å². The van der Waals surface area contributed by atoms with Crippen LogP contribution in [0.15, 0.2) is 18.2 Å². The quantitative estimate of drug-likeness (QED) is 0.867. The van der Waals surface area contributed by atoms with E-state index in [0.717, 1.165) is 5.56 Å². The van der Waals surface area contributed by atoms with Crippen LogP contribution in [-0.2, 0) is 5.41 Å². The molecule has 0 unspecified atom stereocenters. The second-order valence-electron chi connectivity index (χ2n) is 6.45. The van der Waals surface area contributed by atoms with Crippen LogP contribution < -0.4 is 4.74 Å². The van der Waals surface area contributed by atoms with Crippen molar-refractivity contribution in [2.24, 2.45) is 0 Å². The lowest BCUT2D eigenvalue weighted by Crippen LogP contribution is -2.27. The third-order valence-corrected chi connectivity index (χ3v) is 2.46. The highest BCUT2D eigenvalue weighted by Gasteiger charge is 2.26. The van der Waals surface area contributed by atoms with E-state index in [1.807, 2.05) is 47.6 Å². The molecule has 0 atom stereocenters. The van der Waals surface area contributed by atoms with Crippen molar-refractivity contribution < 1.29 is 14.6 Å². The molecule has 0 aliphatic rings. The van der Waals surface area contributed by atoms with E-state index in [4.69, 9.17) is 4.74 Å². The number of benzene rings is 1. The molecule has 1 aromatic rings. The van der Waals surface area contributed by atoms with Gasteiger partial charge in [0.2, 0.25) is 0 Å². The first kappa shape index (κ1) is 14.6. The summed E-state index contributed by atoms with van der Waals surface area (Å²) in [6.45, 7) is 11.9. The fourth-order valence-corrected chi connectivity index (χ4v) is 1.71. The number of hydrogen-bond acceptors (Lipinski definition) is 2. The molecule has 0 aliphatic heterocycles. The second kappa shape index (κ2) is 4.63. The lowest BCUT2D eigenvalue weighted by Gasteiger charge is -2.29. The van der Waals surface area contributed by atoms with E-state index in [0.29, 0.717) is 5.75 Å². The Hall–Kier alpha value is -1.51. The average Bonchev–Trinajstić information content (AvgIpc) is 2.13. The first-order valence-electron chi connectivity index (χ1n) is 6.08. The lowest BCUT2D eigenvalue weighted by atomic mass is 9.85. The second-order valence-corrected chi connectivity index (χ2v) is 6.45. The number of hydrogen-bond donors (Lipinski definition) is 1. The normalized spacial score (nSPS) is 12.3. The molecule has 0 saturated carbocycles. The van der Waals surface area contributed by atoms with Crippen molar-refractivity contribution in [3.63, 3.8) is 0 Å². The molecule has 3 heteroatoms. The number of ether oxygens (including phenoxy) is 1. The third kappa shape index (κ3) is 3.49. The van der Waals surface area contributed by atoms with Gasteiger partial charge in [-0.05, 0) is 32.3 Å². The van der Waals surface area contributed by atoms with E-state index in [1.54, 1.807) is 12.1 Å². The van der Waals surface area contributed by atoms with Gasteiger partial charge in [-0.3, -0.25) is 0 Å². The van der Waals surface area contributed by atoms with Gasteiger partial charge < -0.3 is 9.84 Å². The SMILES string of the molecule is CC(C)(C)Oc1c(C(=O)O)cccc1C(C)(C)C. The summed E-state index contributed by atoms with van der Waals surface area (Å²) in [4.78, 5) is 11.3. The lowest BCUT2D eigenvalue weighted by molar-refractivity contribution is 0.0679. The van der Waals surface area contributed by atoms with Crippen LogP contribution in [0.4, 0.5) is 0 Å². The summed E-state index contributed by atoms with van der Waals surface area (Å²) in [5.41, 5.74) is 0.548. The Kier molecular flexibility index (Phi) is 3.75. The van der Waals surface area contributed by atoms with Crippen molar-refractivity contribution >= 4 is 5.97 Å². The topological polar surface area (TPSA) is 46.5 Å². The molecule has 100 valence electrons. The van der Waals surface area contributed by atoms with Crippen LogP contribution in [0.2, 0.25) is 0 Å². The molecule has 1 aromatic carbocycles. The van der Waals surface area contributed by atoms with Crippen LogP contribution in [0.1, 0.15) is 57.5 Å². The molecule has 0 spiro atoms. The predicted octanol–water partition coefficient (Wildman–Crippen LogP) is 3.86. The first-order chi connectivity index (χ1) is 8.02. The number of rotatable bonds is 2. The maximum atomic E-state index is 11.3. The van der Waals surface area contributed by atoms with Crippen molar-refractivity contribution in [1.29, 1.82) is 0 Å². The Bertz CT molecular complexity index is 448. The summed E-state index contributed by atoms with van der Waals surface area (Å²) in [5.74, 6) is -0.481. The highest BCUT2D eigenvalue weighted by molar-refractivity contribution is 5.91. The van der Waals surface area contributed by atoms with Crippen LogP contribution in [-0.4, -0.2) is 16.7 Å². The first-order valence-corrected chi connectivity index (χ1v) is 6.08. The average molecular weight is 250 g/mol. The van der Waals surface area contributed by atoms with E-state index in [9.17, 15) is 9.90 Å². The zero-order chi connectivity index (χ0) is 14.1. The van der Waals surface area contributed by atoms with Gasteiger partial charge in [-0.25, -0.2) is 4.79 Å². The Balaban J connectivity index is 3.45. The zero-order valence-corrected chi connectivity index (χ0v) is 12.0. The number of carboxylic acid groups (broad SMARTS) is 1. The van der Waals surface area contributed by atoms with Gasteiger partial charge in [0, 0.05) is 5.56 Å². The van der Waals surface area contributed by atoms with Gasteiger partial charge in [0.25, 0.3) is 0 Å². The summed E-state index contributed by atoms with van der Waals surface area (Å²) < 4.78 is 5.87. The molecule has 0 saturated heterocycles. The Morgan fingerprint density at radius 2 is 1.67 bits per heavy atom. The maximum Gasteiger partial charge on any atom is 0.339 e. The van der Waals surface area contributed by atoms with Gasteiger partial charge in [-0.2, -0.15) is 0 Å². The van der Waals surface area contributed by atoms with Gasteiger partial charge in [-0.1, -0.05) is 32.9 Å². The molecular weight excluding hydrogens is 228 g/mol. The van der Waals surface area contributed by atoms with E-state index < -0.39 is 11.6 Å². The molecule has 0 radical (unpaired) electrons. The monoisotopic (exact) mass is 250 g/mol. The van der Waals surface area contributed by atoms with Crippen LogP contribution in [0.3, 0.4) is 0 Å². The number of aromatic carboxylic acids is 1. The van der Waals surface area contributed by atoms with Crippen molar-refractivity contribution in [3.05, 3.63) is 29.3 Å². The summed E-state index contributed by atoms with van der Waals surface area (Å²) in [6.07, 6.45) is 0. The molecule has 1 rings (SSSR count). The maximum absolute atomic E-state index is 11.3. The molecule has 0 amide bonds. The Labute approximate surface area is 109 Å². The summed E-state index contributed by atoms with van der Waals surface area (Å²) in [5, 5.41) is 9.27. The molecule has 0 aliphatic carbocycles. The molecule has 1 N–H and O–H groups in total. The number of para-hydroxylation sites is 1. The van der Waals surface area contributed by atoms with Crippen LogP contribution in [0, 0.1) is 0 Å².